The van der Waals surface area contributed by atoms with Crippen molar-refractivity contribution in [3.8, 4) is 0 Å². The zero-order valence-corrected chi connectivity index (χ0v) is 21.9. The Labute approximate surface area is 221 Å². The summed E-state index contributed by atoms with van der Waals surface area (Å²) in [6.07, 6.45) is 3.67. The van der Waals surface area contributed by atoms with E-state index in [2.05, 4.69) is 15.3 Å². The molecular weight excluding hydrogens is 512 g/mol. The van der Waals surface area contributed by atoms with Crippen molar-refractivity contribution in [3.63, 3.8) is 0 Å². The highest BCUT2D eigenvalue weighted by Crippen LogP contribution is 2.26. The number of nitrogens with one attached hydrogen (secondary N) is 1. The molecule has 2 N–H and O–H groups in total. The molecule has 1 saturated carbocycles. The van der Waals surface area contributed by atoms with E-state index < -0.39 is 15.9 Å². The molecule has 3 fully saturated rings. The molecule has 2 aliphatic heterocycles. The van der Waals surface area contributed by atoms with Gasteiger partial charge in [-0.05, 0) is 49.9 Å². The summed E-state index contributed by atoms with van der Waals surface area (Å²) in [6.45, 7) is 3.80. The molecule has 204 valence electrons. The lowest BCUT2D eigenvalue weighted by Crippen LogP contribution is -2.40. The van der Waals surface area contributed by atoms with E-state index in [1.165, 1.54) is 22.6 Å². The maximum absolute atomic E-state index is 13.3. The lowest BCUT2D eigenvalue weighted by molar-refractivity contribution is 0.0730. The normalized spacial score (nSPS) is 21.2. The minimum atomic E-state index is -3.63. The Bertz CT molecular complexity index is 1260. The molecule has 1 amide bonds. The third-order valence-electron chi connectivity index (χ3n) is 6.81. The number of amides is 1. The number of ether oxygens (including phenoxy) is 2. The highest BCUT2D eigenvalue weighted by Gasteiger charge is 2.26. The number of aliphatic hydroxyl groups excluding tert-OH is 1. The van der Waals surface area contributed by atoms with Gasteiger partial charge in [0.25, 0.3) is 5.91 Å². The second kappa shape index (κ2) is 11.8. The van der Waals surface area contributed by atoms with Gasteiger partial charge in [0, 0.05) is 43.8 Å². The molecule has 5 rings (SSSR count). The Morgan fingerprint density at radius 3 is 2.29 bits per heavy atom. The van der Waals surface area contributed by atoms with E-state index in [1.807, 2.05) is 4.90 Å². The van der Waals surface area contributed by atoms with Crippen LogP contribution in [-0.4, -0.2) is 98.1 Å². The molecule has 3 heterocycles. The SMILES string of the molecule is O=C(Nc1ccc(S(=O)(=O)N2CCOCC2)cc1)c1cnc(N2CCOCC2)nc1N=C1CCC(O)CC1. The van der Waals surface area contributed by atoms with Gasteiger partial charge in [-0.25, -0.2) is 18.4 Å². The topological polar surface area (TPSA) is 147 Å². The monoisotopic (exact) mass is 544 g/mol. The quantitative estimate of drug-likeness (QED) is 0.553. The molecule has 1 aromatic heterocycles. The summed E-state index contributed by atoms with van der Waals surface area (Å²) in [4.78, 5) is 29.2. The van der Waals surface area contributed by atoms with Crippen LogP contribution in [0.25, 0.3) is 0 Å². The average Bonchev–Trinajstić information content (AvgIpc) is 2.95. The van der Waals surface area contributed by atoms with Crippen LogP contribution < -0.4 is 10.2 Å². The van der Waals surface area contributed by atoms with Crippen LogP contribution in [0.1, 0.15) is 36.0 Å². The molecule has 0 spiro atoms. The number of rotatable bonds is 6. The van der Waals surface area contributed by atoms with Crippen molar-refractivity contribution in [1.29, 1.82) is 0 Å². The number of sulfonamides is 1. The third kappa shape index (κ3) is 6.18. The molecule has 2 aromatic rings. The lowest BCUT2D eigenvalue weighted by atomic mass is 9.96. The molecule has 12 nitrogen and oxygen atoms in total. The van der Waals surface area contributed by atoms with Gasteiger partial charge in [0.15, 0.2) is 5.82 Å². The second-order valence-corrected chi connectivity index (χ2v) is 11.3. The van der Waals surface area contributed by atoms with Gasteiger partial charge in [-0.15, -0.1) is 0 Å². The van der Waals surface area contributed by atoms with E-state index in [0.29, 0.717) is 89.9 Å². The van der Waals surface area contributed by atoms with Crippen LogP contribution in [0, 0.1) is 0 Å². The molecule has 2 saturated heterocycles. The number of hydrogen-bond donors (Lipinski definition) is 2. The van der Waals surface area contributed by atoms with Crippen LogP contribution in [0.5, 0.6) is 0 Å². The number of aliphatic imine (C=N–C) groups is 1. The van der Waals surface area contributed by atoms with Crippen molar-refractivity contribution in [2.24, 2.45) is 4.99 Å². The van der Waals surface area contributed by atoms with Gasteiger partial charge in [-0.3, -0.25) is 4.79 Å². The molecule has 0 bridgehead atoms. The first-order valence-corrected chi connectivity index (χ1v) is 14.3. The number of aliphatic hydroxyl groups is 1. The molecule has 0 unspecified atom stereocenters. The number of carbonyl (C=O) groups excluding carboxylic acids is 1. The van der Waals surface area contributed by atoms with E-state index in [1.54, 1.807) is 12.1 Å². The van der Waals surface area contributed by atoms with E-state index in [-0.39, 0.29) is 22.4 Å². The van der Waals surface area contributed by atoms with Gasteiger partial charge >= 0.3 is 0 Å². The first kappa shape index (κ1) is 26.6. The zero-order chi connectivity index (χ0) is 26.5. The number of nitrogens with zero attached hydrogens (tertiary/aromatic N) is 5. The maximum atomic E-state index is 13.3. The Morgan fingerprint density at radius 2 is 1.63 bits per heavy atom. The van der Waals surface area contributed by atoms with Crippen LogP contribution >= 0.6 is 0 Å². The Hall–Kier alpha value is -2.97. The summed E-state index contributed by atoms with van der Waals surface area (Å²) in [6, 6.07) is 6.07. The first-order chi connectivity index (χ1) is 18.4. The molecule has 0 atom stereocenters. The number of benzene rings is 1. The molecule has 38 heavy (non-hydrogen) atoms. The summed E-state index contributed by atoms with van der Waals surface area (Å²) >= 11 is 0. The van der Waals surface area contributed by atoms with Gasteiger partial charge < -0.3 is 24.8 Å². The highest BCUT2D eigenvalue weighted by molar-refractivity contribution is 7.89. The van der Waals surface area contributed by atoms with Crippen LogP contribution in [0.3, 0.4) is 0 Å². The Kier molecular flexibility index (Phi) is 8.29. The van der Waals surface area contributed by atoms with E-state index >= 15 is 0 Å². The number of carbonyl (C=O) groups is 1. The lowest BCUT2D eigenvalue weighted by Gasteiger charge is -2.27. The van der Waals surface area contributed by atoms with E-state index in [0.717, 1.165) is 5.71 Å². The average molecular weight is 545 g/mol. The summed E-state index contributed by atoms with van der Waals surface area (Å²) in [5.74, 6) is 0.312. The fraction of sp³-hybridized carbons (Fsp3) is 0.520. The summed E-state index contributed by atoms with van der Waals surface area (Å²) < 4.78 is 37.8. The number of hydrogen-bond acceptors (Lipinski definition) is 10. The van der Waals surface area contributed by atoms with Gasteiger partial charge in [-0.2, -0.15) is 9.29 Å². The summed E-state index contributed by atoms with van der Waals surface area (Å²) in [7, 11) is -3.63. The van der Waals surface area contributed by atoms with Gasteiger partial charge in [0.05, 0.1) is 37.4 Å². The smallest absolute Gasteiger partial charge is 0.261 e. The largest absolute Gasteiger partial charge is 0.393 e. The fourth-order valence-corrected chi connectivity index (χ4v) is 5.97. The summed E-state index contributed by atoms with van der Waals surface area (Å²) in [5, 5.41) is 12.7. The highest BCUT2D eigenvalue weighted by atomic mass is 32.2. The molecule has 3 aliphatic rings. The zero-order valence-electron chi connectivity index (χ0n) is 21.1. The third-order valence-corrected chi connectivity index (χ3v) is 8.72. The van der Waals surface area contributed by atoms with Crippen molar-refractivity contribution in [1.82, 2.24) is 14.3 Å². The minimum Gasteiger partial charge on any atom is -0.393 e. The van der Waals surface area contributed by atoms with Crippen LogP contribution in [0.2, 0.25) is 0 Å². The molecule has 0 radical (unpaired) electrons. The molecule has 13 heteroatoms. The number of aromatic nitrogens is 2. The Morgan fingerprint density at radius 1 is 1.00 bits per heavy atom. The van der Waals surface area contributed by atoms with Crippen LogP contribution in [0.4, 0.5) is 17.5 Å². The van der Waals surface area contributed by atoms with Crippen molar-refractivity contribution < 1.29 is 27.8 Å². The predicted octanol–water partition coefficient (Wildman–Crippen LogP) is 1.59. The van der Waals surface area contributed by atoms with Gasteiger partial charge in [0.1, 0.15) is 5.56 Å². The number of anilines is 2. The fourth-order valence-electron chi connectivity index (χ4n) is 4.57. The minimum absolute atomic E-state index is 0.155. The maximum Gasteiger partial charge on any atom is 0.261 e. The second-order valence-electron chi connectivity index (χ2n) is 9.41. The molecule has 1 aromatic carbocycles. The van der Waals surface area contributed by atoms with Crippen molar-refractivity contribution in [3.05, 3.63) is 36.0 Å². The molecule has 1 aliphatic carbocycles. The molecular formula is C25H32N6O6S. The number of morpholine rings is 2. The Balaban J connectivity index is 1.36. The summed E-state index contributed by atoms with van der Waals surface area (Å²) in [5.41, 5.74) is 1.53. The van der Waals surface area contributed by atoms with Crippen molar-refractivity contribution >= 4 is 39.1 Å². The van der Waals surface area contributed by atoms with E-state index in [9.17, 15) is 18.3 Å². The van der Waals surface area contributed by atoms with Crippen LogP contribution in [-0.2, 0) is 19.5 Å². The van der Waals surface area contributed by atoms with Crippen LogP contribution in [0.15, 0.2) is 40.4 Å². The van der Waals surface area contributed by atoms with E-state index in [4.69, 9.17) is 14.5 Å². The standard InChI is InChI=1S/C25H32N6O6S/c32-20-5-1-18(2-6-20)27-23-22(17-26-25(29-23)30-9-13-36-14-10-30)24(33)28-19-3-7-21(8-4-19)38(34,35)31-11-15-37-16-12-31/h3-4,7-8,17,20,32H,1-2,5-6,9-16H2,(H,28,33). The first-order valence-electron chi connectivity index (χ1n) is 12.8. The van der Waals surface area contributed by atoms with Crippen molar-refractivity contribution in [2.75, 3.05) is 62.8 Å². The van der Waals surface area contributed by atoms with Crippen molar-refractivity contribution in [2.45, 2.75) is 36.7 Å². The predicted molar refractivity (Wildman–Crippen MR) is 141 cm³/mol. The van der Waals surface area contributed by atoms with Gasteiger partial charge in [0.2, 0.25) is 16.0 Å². The van der Waals surface area contributed by atoms with Gasteiger partial charge in [-0.1, -0.05) is 0 Å².